The minimum atomic E-state index is -0.499. The summed E-state index contributed by atoms with van der Waals surface area (Å²) in [7, 11) is 0. The monoisotopic (exact) mass is 278 g/mol. The lowest BCUT2D eigenvalue weighted by Gasteiger charge is -2.19. The molecule has 0 aromatic heterocycles. The third-order valence-corrected chi connectivity index (χ3v) is 2.54. The number of hydrogen-bond acceptors (Lipinski definition) is 5. The lowest BCUT2D eigenvalue weighted by Crippen LogP contribution is -2.34. The standard InChI is InChI=1S/C11H22N2O4S/c1-11(2,3)17-10(16)13-5-7-18-8-9(15)12-4-6-14/h14H,4-8H2,1-3H3,(H,12,15)(H,13,16). The molecule has 0 saturated carbocycles. The minimum Gasteiger partial charge on any atom is -0.444 e. The second-order valence-electron chi connectivity index (χ2n) is 4.55. The van der Waals surface area contributed by atoms with Crippen LogP contribution in [0.2, 0.25) is 0 Å². The Morgan fingerprint density at radius 3 is 2.44 bits per heavy atom. The molecule has 0 unspecified atom stereocenters. The van der Waals surface area contributed by atoms with Gasteiger partial charge in [-0.25, -0.2) is 4.79 Å². The summed E-state index contributed by atoms with van der Waals surface area (Å²) >= 11 is 1.41. The Morgan fingerprint density at radius 2 is 1.89 bits per heavy atom. The molecule has 0 aliphatic heterocycles. The first-order valence-electron chi connectivity index (χ1n) is 5.77. The van der Waals surface area contributed by atoms with Crippen LogP contribution in [-0.2, 0) is 9.53 Å². The molecule has 0 bridgehead atoms. The second kappa shape index (κ2) is 9.04. The molecule has 7 heteroatoms. The number of aliphatic hydroxyl groups excluding tert-OH is 1. The summed E-state index contributed by atoms with van der Waals surface area (Å²) in [6.45, 7) is 6.06. The van der Waals surface area contributed by atoms with E-state index in [0.29, 0.717) is 18.1 Å². The molecular weight excluding hydrogens is 256 g/mol. The van der Waals surface area contributed by atoms with Gasteiger partial charge >= 0.3 is 6.09 Å². The predicted molar refractivity (Wildman–Crippen MR) is 71.7 cm³/mol. The highest BCUT2D eigenvalue weighted by Crippen LogP contribution is 2.06. The van der Waals surface area contributed by atoms with Gasteiger partial charge in [-0.3, -0.25) is 4.79 Å². The summed E-state index contributed by atoms with van der Waals surface area (Å²) in [5.41, 5.74) is -0.499. The van der Waals surface area contributed by atoms with Gasteiger partial charge in [-0.2, -0.15) is 11.8 Å². The van der Waals surface area contributed by atoms with E-state index in [-0.39, 0.29) is 19.1 Å². The number of thioether (sulfide) groups is 1. The molecule has 0 aromatic rings. The maximum Gasteiger partial charge on any atom is 0.407 e. The van der Waals surface area contributed by atoms with Crippen LogP contribution in [0.1, 0.15) is 20.8 Å². The van der Waals surface area contributed by atoms with Crippen molar-refractivity contribution >= 4 is 23.8 Å². The van der Waals surface area contributed by atoms with Crippen LogP contribution in [-0.4, -0.2) is 53.9 Å². The zero-order valence-corrected chi connectivity index (χ0v) is 11.9. The number of aliphatic hydroxyl groups is 1. The molecule has 0 atom stereocenters. The van der Waals surface area contributed by atoms with Crippen molar-refractivity contribution in [2.75, 3.05) is 31.2 Å². The Morgan fingerprint density at radius 1 is 1.22 bits per heavy atom. The highest BCUT2D eigenvalue weighted by Gasteiger charge is 2.15. The predicted octanol–water partition coefficient (Wildman–Crippen LogP) is 0.353. The molecule has 106 valence electrons. The summed E-state index contributed by atoms with van der Waals surface area (Å²) in [5, 5.41) is 13.6. The highest BCUT2D eigenvalue weighted by atomic mass is 32.2. The SMILES string of the molecule is CC(C)(C)OC(=O)NCCSCC(=O)NCCO. The van der Waals surface area contributed by atoms with E-state index in [4.69, 9.17) is 9.84 Å². The van der Waals surface area contributed by atoms with Crippen LogP contribution < -0.4 is 10.6 Å². The fraction of sp³-hybridized carbons (Fsp3) is 0.818. The molecule has 0 rings (SSSR count). The molecule has 0 saturated heterocycles. The summed E-state index contributed by atoms with van der Waals surface area (Å²) in [6.07, 6.45) is -0.451. The number of ether oxygens (including phenoxy) is 1. The lowest BCUT2D eigenvalue weighted by molar-refractivity contribution is -0.118. The van der Waals surface area contributed by atoms with Crippen molar-refractivity contribution < 1.29 is 19.4 Å². The third-order valence-electron chi connectivity index (χ3n) is 1.58. The molecule has 0 spiro atoms. The van der Waals surface area contributed by atoms with Gasteiger partial charge < -0.3 is 20.5 Å². The molecule has 2 amide bonds. The van der Waals surface area contributed by atoms with Crippen LogP contribution in [0.25, 0.3) is 0 Å². The average Bonchev–Trinajstić information content (AvgIpc) is 2.23. The van der Waals surface area contributed by atoms with E-state index in [1.807, 2.05) is 0 Å². The van der Waals surface area contributed by atoms with Gasteiger partial charge in [0.1, 0.15) is 5.60 Å². The molecule has 0 aromatic carbocycles. The number of alkyl carbamates (subject to hydrolysis) is 1. The van der Waals surface area contributed by atoms with Gasteiger partial charge in [0.2, 0.25) is 5.91 Å². The van der Waals surface area contributed by atoms with Crippen LogP contribution in [0.4, 0.5) is 4.79 Å². The fourth-order valence-corrected chi connectivity index (χ4v) is 1.63. The number of hydrogen-bond donors (Lipinski definition) is 3. The van der Waals surface area contributed by atoms with Gasteiger partial charge in [-0.1, -0.05) is 0 Å². The Balaban J connectivity index is 3.45. The van der Waals surface area contributed by atoms with Crippen molar-refractivity contribution in [2.24, 2.45) is 0 Å². The first kappa shape index (κ1) is 17.1. The van der Waals surface area contributed by atoms with Gasteiger partial charge in [0.25, 0.3) is 0 Å². The first-order chi connectivity index (χ1) is 8.35. The quantitative estimate of drug-likeness (QED) is 0.585. The molecule has 0 aliphatic carbocycles. The van der Waals surface area contributed by atoms with E-state index in [9.17, 15) is 9.59 Å². The first-order valence-corrected chi connectivity index (χ1v) is 6.93. The van der Waals surface area contributed by atoms with Gasteiger partial charge in [0.05, 0.1) is 12.4 Å². The summed E-state index contributed by atoms with van der Waals surface area (Å²) in [5.74, 6) is 0.827. The number of amides is 2. The maximum absolute atomic E-state index is 11.2. The zero-order chi connectivity index (χ0) is 14.0. The van der Waals surface area contributed by atoms with Crippen molar-refractivity contribution in [3.63, 3.8) is 0 Å². The Hall–Kier alpha value is -0.950. The molecule has 0 fully saturated rings. The summed E-state index contributed by atoms with van der Waals surface area (Å²) in [6, 6.07) is 0. The van der Waals surface area contributed by atoms with E-state index in [2.05, 4.69) is 10.6 Å². The fourth-order valence-electron chi connectivity index (χ4n) is 0.951. The molecule has 0 heterocycles. The molecule has 3 N–H and O–H groups in total. The largest absolute Gasteiger partial charge is 0.444 e. The van der Waals surface area contributed by atoms with E-state index < -0.39 is 11.7 Å². The van der Waals surface area contributed by atoms with Gasteiger partial charge in [0.15, 0.2) is 0 Å². The maximum atomic E-state index is 11.2. The van der Waals surface area contributed by atoms with Gasteiger partial charge in [0, 0.05) is 18.8 Å². The molecule has 6 nitrogen and oxygen atoms in total. The molecular formula is C11H22N2O4S. The smallest absolute Gasteiger partial charge is 0.407 e. The molecule has 18 heavy (non-hydrogen) atoms. The Kier molecular flexibility index (Phi) is 8.57. The van der Waals surface area contributed by atoms with Crippen molar-refractivity contribution in [3.05, 3.63) is 0 Å². The van der Waals surface area contributed by atoms with Crippen LogP contribution in [0.15, 0.2) is 0 Å². The zero-order valence-electron chi connectivity index (χ0n) is 11.1. The average molecular weight is 278 g/mol. The van der Waals surface area contributed by atoms with E-state index in [1.165, 1.54) is 11.8 Å². The molecule has 0 aliphatic rings. The summed E-state index contributed by atoms with van der Waals surface area (Å²) in [4.78, 5) is 22.4. The normalized spacial score (nSPS) is 10.9. The van der Waals surface area contributed by atoms with Gasteiger partial charge in [-0.05, 0) is 20.8 Å². The summed E-state index contributed by atoms with van der Waals surface area (Å²) < 4.78 is 5.05. The highest BCUT2D eigenvalue weighted by molar-refractivity contribution is 7.99. The van der Waals surface area contributed by atoms with Crippen molar-refractivity contribution in [2.45, 2.75) is 26.4 Å². The van der Waals surface area contributed by atoms with Crippen molar-refractivity contribution in [1.82, 2.24) is 10.6 Å². The van der Waals surface area contributed by atoms with Crippen molar-refractivity contribution in [1.29, 1.82) is 0 Å². The second-order valence-corrected chi connectivity index (χ2v) is 5.66. The number of carbonyl (C=O) groups excluding carboxylic acids is 2. The Labute approximate surface area is 112 Å². The molecule has 0 radical (unpaired) electrons. The van der Waals surface area contributed by atoms with Gasteiger partial charge in [-0.15, -0.1) is 0 Å². The van der Waals surface area contributed by atoms with Crippen molar-refractivity contribution in [3.8, 4) is 0 Å². The van der Waals surface area contributed by atoms with E-state index in [1.54, 1.807) is 20.8 Å². The number of carbonyl (C=O) groups is 2. The van der Waals surface area contributed by atoms with Crippen LogP contribution in [0.3, 0.4) is 0 Å². The van der Waals surface area contributed by atoms with Crippen LogP contribution in [0, 0.1) is 0 Å². The lowest BCUT2D eigenvalue weighted by atomic mass is 10.2. The number of nitrogens with one attached hydrogen (secondary N) is 2. The third kappa shape index (κ3) is 11.5. The van der Waals surface area contributed by atoms with E-state index in [0.717, 1.165) is 0 Å². The number of rotatable bonds is 7. The van der Waals surface area contributed by atoms with E-state index >= 15 is 0 Å². The van der Waals surface area contributed by atoms with Crippen LogP contribution >= 0.6 is 11.8 Å². The van der Waals surface area contributed by atoms with Crippen LogP contribution in [0.5, 0.6) is 0 Å². The minimum absolute atomic E-state index is 0.0589. The topological polar surface area (TPSA) is 87.7 Å². The Bertz CT molecular complexity index is 266.